The second-order valence-corrected chi connectivity index (χ2v) is 8.26. The summed E-state index contributed by atoms with van der Waals surface area (Å²) in [6.07, 6.45) is -2.50. The molecule has 2 aromatic carbocycles. The third-order valence-corrected chi connectivity index (χ3v) is 5.35. The number of nitrogens with zero attached hydrogens (tertiary/aromatic N) is 1. The van der Waals surface area contributed by atoms with Crippen LogP contribution in [0.15, 0.2) is 48.5 Å². The molecule has 0 bridgehead atoms. The van der Waals surface area contributed by atoms with Gasteiger partial charge in [-0.05, 0) is 48.2 Å². The number of carbonyl (C=O) groups is 2. The molecule has 3 N–H and O–H groups in total. The summed E-state index contributed by atoms with van der Waals surface area (Å²) in [7, 11) is 0. The van der Waals surface area contributed by atoms with Crippen molar-refractivity contribution < 1.29 is 24.2 Å². The monoisotopic (exact) mass is 515 g/mol. The molecular formula is C25H32Cl2FN3O3. The number of benzene rings is 2. The van der Waals surface area contributed by atoms with Crippen LogP contribution in [-0.2, 0) is 27.2 Å². The lowest BCUT2D eigenvalue weighted by atomic mass is 10.0. The van der Waals surface area contributed by atoms with E-state index in [4.69, 9.17) is 39.2 Å². The van der Waals surface area contributed by atoms with Gasteiger partial charge >= 0.3 is 5.97 Å². The van der Waals surface area contributed by atoms with Gasteiger partial charge in [-0.25, -0.2) is 9.18 Å². The van der Waals surface area contributed by atoms with Crippen molar-refractivity contribution in [1.82, 2.24) is 5.32 Å². The van der Waals surface area contributed by atoms with Gasteiger partial charge in [0.2, 0.25) is 5.91 Å². The Labute approximate surface area is 216 Å². The molecule has 0 fully saturated rings. The SMILES string of the molecule is [2H]C([2H])(C)C([2H])([2H])OC(=O)C(Cc1ccc(F)cc1)NC(=O)C(N)Cc1ccc(N(CCCl)CCCl)cc1. The number of alkyl halides is 2. The van der Waals surface area contributed by atoms with Crippen LogP contribution in [0.1, 0.15) is 29.9 Å². The van der Waals surface area contributed by atoms with E-state index in [1.165, 1.54) is 24.3 Å². The van der Waals surface area contributed by atoms with Gasteiger partial charge in [0.05, 0.1) is 15.3 Å². The molecule has 2 atom stereocenters. The molecule has 186 valence electrons. The Morgan fingerprint density at radius 1 is 1.06 bits per heavy atom. The van der Waals surface area contributed by atoms with Gasteiger partial charge in [-0.2, -0.15) is 0 Å². The van der Waals surface area contributed by atoms with Crippen LogP contribution in [0.25, 0.3) is 0 Å². The highest BCUT2D eigenvalue weighted by Crippen LogP contribution is 2.17. The first-order chi connectivity index (χ1) is 17.8. The zero-order valence-electron chi connectivity index (χ0n) is 22.9. The van der Waals surface area contributed by atoms with Crippen molar-refractivity contribution in [1.29, 1.82) is 0 Å². The third-order valence-electron chi connectivity index (χ3n) is 5.01. The van der Waals surface area contributed by atoms with Crippen molar-refractivity contribution in [2.45, 2.75) is 38.2 Å². The summed E-state index contributed by atoms with van der Waals surface area (Å²) in [5.74, 6) is -1.49. The lowest BCUT2D eigenvalue weighted by Gasteiger charge is -2.23. The predicted octanol–water partition coefficient (Wildman–Crippen LogP) is 3.66. The molecule has 0 aromatic heterocycles. The number of hydrogen-bond acceptors (Lipinski definition) is 5. The summed E-state index contributed by atoms with van der Waals surface area (Å²) in [5.41, 5.74) is 8.26. The maximum absolute atomic E-state index is 13.3. The Bertz CT molecular complexity index is 1050. The molecule has 0 aliphatic rings. The van der Waals surface area contributed by atoms with Crippen LogP contribution in [0.5, 0.6) is 0 Å². The zero-order valence-corrected chi connectivity index (χ0v) is 20.4. The van der Waals surface area contributed by atoms with Gasteiger partial charge < -0.3 is 20.7 Å². The summed E-state index contributed by atoms with van der Waals surface area (Å²) < 4.78 is 48.8. The summed E-state index contributed by atoms with van der Waals surface area (Å²) >= 11 is 11.7. The average Bonchev–Trinajstić information content (AvgIpc) is 2.84. The van der Waals surface area contributed by atoms with Crippen LogP contribution in [-0.4, -0.2) is 55.4 Å². The van der Waals surface area contributed by atoms with Gasteiger partial charge in [0.15, 0.2) is 0 Å². The summed E-state index contributed by atoms with van der Waals surface area (Å²) in [4.78, 5) is 27.8. The molecule has 2 aromatic rings. The van der Waals surface area contributed by atoms with Crippen molar-refractivity contribution in [3.63, 3.8) is 0 Å². The maximum Gasteiger partial charge on any atom is 0.328 e. The number of carbonyl (C=O) groups excluding carboxylic acids is 2. The minimum Gasteiger partial charge on any atom is -0.464 e. The molecule has 9 heteroatoms. The second kappa shape index (κ2) is 14.8. The Balaban J connectivity index is 2.14. The van der Waals surface area contributed by atoms with E-state index in [0.717, 1.165) is 18.2 Å². The van der Waals surface area contributed by atoms with Crippen LogP contribution < -0.4 is 16.0 Å². The van der Waals surface area contributed by atoms with E-state index in [9.17, 15) is 14.0 Å². The first-order valence-electron chi connectivity index (χ1n) is 12.8. The van der Waals surface area contributed by atoms with Crippen LogP contribution in [0.2, 0.25) is 0 Å². The zero-order chi connectivity index (χ0) is 28.5. The van der Waals surface area contributed by atoms with Gasteiger partial charge in [-0.1, -0.05) is 31.2 Å². The average molecular weight is 516 g/mol. The van der Waals surface area contributed by atoms with Gasteiger partial charge in [0, 0.05) is 39.7 Å². The summed E-state index contributed by atoms with van der Waals surface area (Å²) in [5, 5.41) is 2.48. The number of hydrogen-bond donors (Lipinski definition) is 2. The molecule has 0 saturated carbocycles. The highest BCUT2D eigenvalue weighted by Gasteiger charge is 2.25. The van der Waals surface area contributed by atoms with Crippen molar-refractivity contribution in [2.75, 3.05) is 36.3 Å². The smallest absolute Gasteiger partial charge is 0.328 e. The topological polar surface area (TPSA) is 84.7 Å². The molecule has 34 heavy (non-hydrogen) atoms. The van der Waals surface area contributed by atoms with Crippen LogP contribution in [0, 0.1) is 5.82 Å². The van der Waals surface area contributed by atoms with Crippen molar-refractivity contribution >= 4 is 40.8 Å². The van der Waals surface area contributed by atoms with E-state index < -0.39 is 42.7 Å². The molecule has 0 heterocycles. The van der Waals surface area contributed by atoms with Crippen LogP contribution in [0.3, 0.4) is 0 Å². The third kappa shape index (κ3) is 9.12. The second-order valence-electron chi connectivity index (χ2n) is 7.51. The number of esters is 1. The highest BCUT2D eigenvalue weighted by atomic mass is 35.5. The minimum absolute atomic E-state index is 0.147. The molecular weight excluding hydrogens is 480 g/mol. The molecule has 2 rings (SSSR count). The first kappa shape index (κ1) is 22.1. The molecule has 0 aliphatic carbocycles. The molecule has 0 spiro atoms. The molecule has 0 saturated heterocycles. The van der Waals surface area contributed by atoms with Gasteiger partial charge in [0.1, 0.15) is 11.9 Å². The fourth-order valence-electron chi connectivity index (χ4n) is 3.26. The number of halogens is 3. The standard InChI is InChI=1S/C25H32Cl2FN3O3/c1-2-15-34-25(33)23(17-19-3-7-20(28)8-4-19)30-24(32)22(29)16-18-5-9-21(10-6-18)31(13-11-26)14-12-27/h3-10,22-23H,2,11-17,29H2,1H3,(H,30,32)/i2D2,15D2. The van der Waals surface area contributed by atoms with Gasteiger partial charge in [0.25, 0.3) is 0 Å². The Morgan fingerprint density at radius 2 is 1.62 bits per heavy atom. The number of ether oxygens (including phenoxy) is 1. The minimum atomic E-state index is -2.96. The Kier molecular flexibility index (Phi) is 9.64. The number of nitrogens with two attached hydrogens (primary N) is 1. The van der Waals surface area contributed by atoms with Crippen molar-refractivity contribution in [2.24, 2.45) is 5.73 Å². The van der Waals surface area contributed by atoms with Crippen molar-refractivity contribution in [3.8, 4) is 0 Å². The lowest BCUT2D eigenvalue weighted by Crippen LogP contribution is -2.50. The first-order valence-corrected chi connectivity index (χ1v) is 11.8. The van der Waals surface area contributed by atoms with Crippen LogP contribution in [0.4, 0.5) is 10.1 Å². The van der Waals surface area contributed by atoms with E-state index in [-0.39, 0.29) is 12.8 Å². The summed E-state index contributed by atoms with van der Waals surface area (Å²) in [6.45, 7) is -0.780. The highest BCUT2D eigenvalue weighted by molar-refractivity contribution is 6.18. The van der Waals surface area contributed by atoms with E-state index in [0.29, 0.717) is 30.4 Å². The van der Waals surface area contributed by atoms with E-state index in [1.807, 2.05) is 29.2 Å². The molecule has 1 amide bonds. The number of nitrogens with one attached hydrogen (secondary N) is 1. The molecule has 0 aliphatic heterocycles. The maximum atomic E-state index is 13.3. The molecule has 6 nitrogen and oxygen atoms in total. The number of amides is 1. The van der Waals surface area contributed by atoms with Gasteiger partial charge in [-0.3, -0.25) is 4.79 Å². The Morgan fingerprint density at radius 3 is 2.18 bits per heavy atom. The lowest BCUT2D eigenvalue weighted by molar-refractivity contribution is -0.148. The normalized spacial score (nSPS) is 15.2. The van der Waals surface area contributed by atoms with E-state index >= 15 is 0 Å². The van der Waals surface area contributed by atoms with Gasteiger partial charge in [-0.15, -0.1) is 23.2 Å². The summed E-state index contributed by atoms with van der Waals surface area (Å²) in [6, 6.07) is 10.1. The number of rotatable bonds is 14. The van der Waals surface area contributed by atoms with Crippen molar-refractivity contribution in [3.05, 3.63) is 65.5 Å². The Hall–Kier alpha value is -2.35. The van der Waals surface area contributed by atoms with E-state index in [1.54, 1.807) is 0 Å². The number of anilines is 1. The molecule has 0 radical (unpaired) electrons. The molecule has 2 unspecified atom stereocenters. The quantitative estimate of drug-likeness (QED) is 0.296. The predicted molar refractivity (Wildman–Crippen MR) is 135 cm³/mol. The fraction of sp³-hybridized carbons (Fsp3) is 0.440. The fourth-order valence-corrected chi connectivity index (χ4v) is 3.67. The largest absolute Gasteiger partial charge is 0.464 e. The van der Waals surface area contributed by atoms with Crippen LogP contribution >= 0.6 is 23.2 Å². The van der Waals surface area contributed by atoms with E-state index in [2.05, 4.69) is 5.32 Å².